The quantitative estimate of drug-likeness (QED) is 0.358. The standard InChI is InChI=1S/C22H34O6/c1-2-3-4-5-6-7-8-9-10-11-18(24)21-16-19(25)20(28-21)14-12-17(23)13-15-22(26)27/h3-4,6-7,9-10,12,14,17-21,23-25H,2,5,8,11,13,15-16H2,1H3,(H,26,27)/b4-3-,7-6-,10-9-,14-12+/t17-,18-,19-,20-,21-/m1/s1. The van der Waals surface area contributed by atoms with Crippen LogP contribution >= 0.6 is 0 Å². The van der Waals surface area contributed by atoms with Crippen LogP contribution in [0.3, 0.4) is 0 Å². The van der Waals surface area contributed by atoms with Gasteiger partial charge >= 0.3 is 5.97 Å². The van der Waals surface area contributed by atoms with E-state index in [1.807, 2.05) is 12.2 Å². The van der Waals surface area contributed by atoms with Gasteiger partial charge in [-0.1, -0.05) is 55.5 Å². The zero-order valence-electron chi connectivity index (χ0n) is 16.6. The van der Waals surface area contributed by atoms with Crippen LogP contribution < -0.4 is 0 Å². The van der Waals surface area contributed by atoms with Crippen molar-refractivity contribution in [2.75, 3.05) is 0 Å². The Kier molecular flexibility index (Phi) is 12.4. The number of carbonyl (C=O) groups is 1. The maximum atomic E-state index is 10.5. The van der Waals surface area contributed by atoms with Crippen molar-refractivity contribution in [3.63, 3.8) is 0 Å². The van der Waals surface area contributed by atoms with Crippen LogP contribution in [0.5, 0.6) is 0 Å². The summed E-state index contributed by atoms with van der Waals surface area (Å²) in [5.74, 6) is -0.968. The first-order chi connectivity index (χ1) is 13.4. The van der Waals surface area contributed by atoms with Gasteiger partial charge < -0.3 is 25.2 Å². The van der Waals surface area contributed by atoms with Crippen molar-refractivity contribution in [3.05, 3.63) is 48.6 Å². The number of rotatable bonds is 13. The van der Waals surface area contributed by atoms with Crippen LogP contribution in [0.1, 0.15) is 51.9 Å². The summed E-state index contributed by atoms with van der Waals surface area (Å²) >= 11 is 0. The molecule has 0 aliphatic carbocycles. The number of carboxylic acid groups (broad SMARTS) is 1. The molecule has 1 saturated heterocycles. The second-order valence-electron chi connectivity index (χ2n) is 6.92. The smallest absolute Gasteiger partial charge is 0.303 e. The fraction of sp³-hybridized carbons (Fsp3) is 0.591. The Balaban J connectivity index is 2.31. The Bertz CT molecular complexity index is 551. The van der Waals surface area contributed by atoms with Gasteiger partial charge in [0.15, 0.2) is 0 Å². The Labute approximate surface area is 167 Å². The number of ether oxygens (including phenoxy) is 1. The van der Waals surface area contributed by atoms with E-state index in [2.05, 4.69) is 31.2 Å². The maximum absolute atomic E-state index is 10.5. The van der Waals surface area contributed by atoms with Gasteiger partial charge in [-0.05, 0) is 32.1 Å². The highest BCUT2D eigenvalue weighted by atomic mass is 16.5. The van der Waals surface area contributed by atoms with Crippen molar-refractivity contribution in [1.82, 2.24) is 0 Å². The van der Waals surface area contributed by atoms with Crippen molar-refractivity contribution in [1.29, 1.82) is 0 Å². The highest BCUT2D eigenvalue weighted by molar-refractivity contribution is 5.66. The van der Waals surface area contributed by atoms with E-state index in [4.69, 9.17) is 9.84 Å². The Hall–Kier alpha value is -1.73. The third-order valence-corrected chi connectivity index (χ3v) is 4.45. The number of hydrogen-bond donors (Lipinski definition) is 4. The van der Waals surface area contributed by atoms with Gasteiger partial charge in [-0.2, -0.15) is 0 Å². The number of aliphatic hydroxyl groups excluding tert-OH is 3. The van der Waals surface area contributed by atoms with Crippen molar-refractivity contribution < 1.29 is 30.0 Å². The molecule has 28 heavy (non-hydrogen) atoms. The molecule has 0 radical (unpaired) electrons. The van der Waals surface area contributed by atoms with E-state index in [1.54, 1.807) is 0 Å². The number of aliphatic hydroxyl groups is 3. The molecule has 0 unspecified atom stereocenters. The molecule has 1 aliphatic rings. The van der Waals surface area contributed by atoms with Crippen LogP contribution in [-0.4, -0.2) is 56.9 Å². The predicted molar refractivity (Wildman–Crippen MR) is 109 cm³/mol. The molecule has 1 rings (SSSR count). The monoisotopic (exact) mass is 394 g/mol. The summed E-state index contributed by atoms with van der Waals surface area (Å²) < 4.78 is 5.67. The van der Waals surface area contributed by atoms with Crippen LogP contribution in [0, 0.1) is 0 Å². The number of carboxylic acids is 1. The summed E-state index contributed by atoms with van der Waals surface area (Å²) in [6, 6.07) is 0. The number of aliphatic carboxylic acids is 1. The second kappa shape index (κ2) is 14.3. The van der Waals surface area contributed by atoms with Crippen molar-refractivity contribution in [2.24, 2.45) is 0 Å². The molecule has 6 heteroatoms. The zero-order valence-corrected chi connectivity index (χ0v) is 16.6. The Morgan fingerprint density at radius 1 is 1.11 bits per heavy atom. The average molecular weight is 395 g/mol. The highest BCUT2D eigenvalue weighted by Gasteiger charge is 2.35. The second-order valence-corrected chi connectivity index (χ2v) is 6.92. The predicted octanol–water partition coefficient (Wildman–Crippen LogP) is 2.90. The largest absolute Gasteiger partial charge is 0.481 e. The van der Waals surface area contributed by atoms with Crippen molar-refractivity contribution in [2.45, 2.75) is 82.4 Å². The van der Waals surface area contributed by atoms with Gasteiger partial charge in [0.2, 0.25) is 0 Å². The highest BCUT2D eigenvalue weighted by Crippen LogP contribution is 2.25. The van der Waals surface area contributed by atoms with Crippen LogP contribution in [0.25, 0.3) is 0 Å². The summed E-state index contributed by atoms with van der Waals surface area (Å²) in [5.41, 5.74) is 0. The minimum Gasteiger partial charge on any atom is -0.481 e. The molecular weight excluding hydrogens is 360 g/mol. The Morgan fingerprint density at radius 3 is 2.39 bits per heavy atom. The van der Waals surface area contributed by atoms with Crippen LogP contribution in [0.4, 0.5) is 0 Å². The number of hydrogen-bond acceptors (Lipinski definition) is 5. The third kappa shape index (κ3) is 10.6. The summed E-state index contributed by atoms with van der Waals surface area (Å²) in [7, 11) is 0. The lowest BCUT2D eigenvalue weighted by molar-refractivity contribution is -0.137. The molecule has 0 amide bonds. The summed E-state index contributed by atoms with van der Waals surface area (Å²) in [4.78, 5) is 10.5. The molecule has 4 N–H and O–H groups in total. The van der Waals surface area contributed by atoms with E-state index >= 15 is 0 Å². The molecule has 0 bridgehead atoms. The molecule has 5 atom stereocenters. The normalized spacial score (nSPS) is 25.5. The van der Waals surface area contributed by atoms with Gasteiger partial charge in [0.25, 0.3) is 0 Å². The molecule has 0 saturated carbocycles. The maximum Gasteiger partial charge on any atom is 0.303 e. The van der Waals surface area contributed by atoms with E-state index in [0.29, 0.717) is 12.8 Å². The minimum absolute atomic E-state index is 0.106. The molecule has 0 spiro atoms. The molecule has 1 aliphatic heterocycles. The third-order valence-electron chi connectivity index (χ3n) is 4.45. The molecule has 0 aromatic heterocycles. The van der Waals surface area contributed by atoms with Crippen LogP contribution in [0.2, 0.25) is 0 Å². The minimum atomic E-state index is -0.968. The summed E-state index contributed by atoms with van der Waals surface area (Å²) in [6.07, 6.45) is 15.4. The van der Waals surface area contributed by atoms with Gasteiger partial charge in [0.05, 0.1) is 24.4 Å². The Morgan fingerprint density at radius 2 is 1.75 bits per heavy atom. The first kappa shape index (κ1) is 24.3. The van der Waals surface area contributed by atoms with E-state index in [-0.39, 0.29) is 12.8 Å². The fourth-order valence-electron chi connectivity index (χ4n) is 2.84. The molecular formula is C22H34O6. The molecule has 0 aromatic carbocycles. The lowest BCUT2D eigenvalue weighted by Crippen LogP contribution is -2.25. The first-order valence-electron chi connectivity index (χ1n) is 9.98. The van der Waals surface area contributed by atoms with E-state index in [9.17, 15) is 20.1 Å². The van der Waals surface area contributed by atoms with Gasteiger partial charge in [-0.15, -0.1) is 0 Å². The lowest BCUT2D eigenvalue weighted by Gasteiger charge is -2.16. The summed E-state index contributed by atoms with van der Waals surface area (Å²) in [5, 5.41) is 38.6. The first-order valence-corrected chi connectivity index (χ1v) is 9.98. The SMILES string of the molecule is CC/C=C\C/C=C\C/C=C\C[C@@H](O)[C@H]1C[C@@H](O)[C@@H](/C=C/[C@@H](O)CCC(=O)O)O1. The molecule has 1 heterocycles. The lowest BCUT2D eigenvalue weighted by atomic mass is 10.0. The van der Waals surface area contributed by atoms with Crippen LogP contribution in [-0.2, 0) is 9.53 Å². The van der Waals surface area contributed by atoms with Crippen LogP contribution in [0.15, 0.2) is 48.6 Å². The fourth-order valence-corrected chi connectivity index (χ4v) is 2.84. The average Bonchev–Trinajstić information content (AvgIpc) is 3.04. The van der Waals surface area contributed by atoms with Crippen molar-refractivity contribution in [3.8, 4) is 0 Å². The van der Waals surface area contributed by atoms with Crippen molar-refractivity contribution >= 4 is 5.97 Å². The van der Waals surface area contributed by atoms with Gasteiger partial charge in [-0.25, -0.2) is 0 Å². The molecule has 0 aromatic rings. The molecule has 1 fully saturated rings. The van der Waals surface area contributed by atoms with E-state index in [1.165, 1.54) is 12.2 Å². The van der Waals surface area contributed by atoms with E-state index in [0.717, 1.165) is 19.3 Å². The zero-order chi connectivity index (χ0) is 20.8. The number of allylic oxidation sites excluding steroid dienone is 5. The topological polar surface area (TPSA) is 107 Å². The van der Waals surface area contributed by atoms with Gasteiger partial charge in [-0.3, -0.25) is 4.79 Å². The summed E-state index contributed by atoms with van der Waals surface area (Å²) in [6.45, 7) is 2.10. The van der Waals surface area contributed by atoms with E-state index < -0.39 is 36.5 Å². The van der Waals surface area contributed by atoms with Gasteiger partial charge in [0.1, 0.15) is 6.10 Å². The van der Waals surface area contributed by atoms with Gasteiger partial charge in [0, 0.05) is 12.8 Å². The molecule has 6 nitrogen and oxygen atoms in total. The molecule has 158 valence electrons.